The SMILES string of the molecule is Cc1nc(C(=O)N2CCCSCC2CN2CCOCC2)cs1. The average molecular weight is 342 g/mol. The summed E-state index contributed by atoms with van der Waals surface area (Å²) in [5, 5.41) is 2.85. The molecule has 122 valence electrons. The fourth-order valence-corrected chi connectivity index (χ4v) is 4.58. The molecule has 1 aromatic rings. The summed E-state index contributed by atoms with van der Waals surface area (Å²) in [6.07, 6.45) is 1.07. The molecule has 0 bridgehead atoms. The van der Waals surface area contributed by atoms with Gasteiger partial charge in [0.1, 0.15) is 5.69 Å². The molecule has 2 saturated heterocycles. The minimum atomic E-state index is 0.102. The predicted molar refractivity (Wildman–Crippen MR) is 90.9 cm³/mol. The van der Waals surface area contributed by atoms with E-state index in [0.717, 1.165) is 62.3 Å². The van der Waals surface area contributed by atoms with Crippen molar-refractivity contribution in [1.29, 1.82) is 0 Å². The van der Waals surface area contributed by atoms with Crippen LogP contribution >= 0.6 is 23.1 Å². The van der Waals surface area contributed by atoms with Crippen molar-refractivity contribution in [2.24, 2.45) is 0 Å². The summed E-state index contributed by atoms with van der Waals surface area (Å²) < 4.78 is 5.42. The molecule has 2 aliphatic rings. The molecule has 0 radical (unpaired) electrons. The lowest BCUT2D eigenvalue weighted by Gasteiger charge is -2.35. The lowest BCUT2D eigenvalue weighted by molar-refractivity contribution is 0.0244. The lowest BCUT2D eigenvalue weighted by atomic mass is 10.2. The fourth-order valence-electron chi connectivity index (χ4n) is 2.94. The molecule has 3 heterocycles. The van der Waals surface area contributed by atoms with Gasteiger partial charge in [-0.05, 0) is 19.1 Å². The lowest BCUT2D eigenvalue weighted by Crippen LogP contribution is -2.50. The first-order valence-corrected chi connectivity index (χ1v) is 9.88. The number of hydrogen-bond acceptors (Lipinski definition) is 6. The fraction of sp³-hybridized carbons (Fsp3) is 0.733. The van der Waals surface area contributed by atoms with Gasteiger partial charge in [-0.3, -0.25) is 9.69 Å². The normalized spacial score (nSPS) is 24.2. The number of nitrogens with zero attached hydrogens (tertiary/aromatic N) is 3. The molecule has 0 N–H and O–H groups in total. The molecule has 3 rings (SSSR count). The first-order chi connectivity index (χ1) is 10.7. The highest BCUT2D eigenvalue weighted by Gasteiger charge is 2.29. The van der Waals surface area contributed by atoms with Crippen molar-refractivity contribution in [1.82, 2.24) is 14.8 Å². The van der Waals surface area contributed by atoms with Crippen molar-refractivity contribution in [3.05, 3.63) is 16.1 Å². The van der Waals surface area contributed by atoms with Crippen LogP contribution in [0.25, 0.3) is 0 Å². The van der Waals surface area contributed by atoms with Crippen LogP contribution in [0.5, 0.6) is 0 Å². The van der Waals surface area contributed by atoms with Gasteiger partial charge in [0.25, 0.3) is 5.91 Å². The van der Waals surface area contributed by atoms with Gasteiger partial charge in [-0.2, -0.15) is 11.8 Å². The molecule has 0 aliphatic carbocycles. The van der Waals surface area contributed by atoms with E-state index in [1.165, 1.54) is 0 Å². The van der Waals surface area contributed by atoms with E-state index in [2.05, 4.69) is 14.8 Å². The minimum Gasteiger partial charge on any atom is -0.379 e. The maximum Gasteiger partial charge on any atom is 0.273 e. The monoisotopic (exact) mass is 341 g/mol. The molecule has 0 spiro atoms. The van der Waals surface area contributed by atoms with Crippen LogP contribution in [0.15, 0.2) is 5.38 Å². The van der Waals surface area contributed by atoms with Gasteiger partial charge in [0.15, 0.2) is 0 Å². The second-order valence-electron chi connectivity index (χ2n) is 5.75. The molecule has 1 aromatic heterocycles. The molecule has 7 heteroatoms. The minimum absolute atomic E-state index is 0.102. The zero-order valence-corrected chi connectivity index (χ0v) is 14.6. The first kappa shape index (κ1) is 16.2. The summed E-state index contributed by atoms with van der Waals surface area (Å²) in [6.45, 7) is 7.30. The largest absolute Gasteiger partial charge is 0.379 e. The Hall–Kier alpha value is -0.630. The molecular formula is C15H23N3O2S2. The van der Waals surface area contributed by atoms with Crippen LogP contribution in [0, 0.1) is 6.92 Å². The molecule has 1 unspecified atom stereocenters. The predicted octanol–water partition coefficient (Wildman–Crippen LogP) is 1.73. The number of amides is 1. The van der Waals surface area contributed by atoms with Crippen LogP contribution in [0.2, 0.25) is 0 Å². The van der Waals surface area contributed by atoms with Crippen LogP contribution < -0.4 is 0 Å². The molecular weight excluding hydrogens is 318 g/mol. The zero-order valence-electron chi connectivity index (χ0n) is 13.0. The van der Waals surface area contributed by atoms with Gasteiger partial charge in [0, 0.05) is 37.3 Å². The molecule has 0 aromatic carbocycles. The van der Waals surface area contributed by atoms with E-state index in [4.69, 9.17) is 4.74 Å². The molecule has 1 amide bonds. The van der Waals surface area contributed by atoms with Crippen molar-refractivity contribution in [3.8, 4) is 0 Å². The van der Waals surface area contributed by atoms with Crippen LogP contribution in [-0.2, 0) is 4.74 Å². The van der Waals surface area contributed by atoms with Crippen LogP contribution in [0.1, 0.15) is 21.9 Å². The Morgan fingerprint density at radius 1 is 1.41 bits per heavy atom. The molecule has 2 aliphatic heterocycles. The summed E-state index contributed by atoms with van der Waals surface area (Å²) in [7, 11) is 0. The van der Waals surface area contributed by atoms with E-state index < -0.39 is 0 Å². The van der Waals surface area contributed by atoms with Crippen LogP contribution in [0.4, 0.5) is 0 Å². The van der Waals surface area contributed by atoms with Crippen molar-refractivity contribution >= 4 is 29.0 Å². The van der Waals surface area contributed by atoms with Crippen molar-refractivity contribution in [2.75, 3.05) is 50.9 Å². The number of thioether (sulfide) groups is 1. The number of aromatic nitrogens is 1. The van der Waals surface area contributed by atoms with Gasteiger partial charge >= 0.3 is 0 Å². The number of hydrogen-bond donors (Lipinski definition) is 0. The number of aryl methyl sites for hydroxylation is 1. The molecule has 0 saturated carbocycles. The van der Waals surface area contributed by atoms with Gasteiger partial charge < -0.3 is 9.64 Å². The number of ether oxygens (including phenoxy) is 1. The molecule has 22 heavy (non-hydrogen) atoms. The second-order valence-corrected chi connectivity index (χ2v) is 7.96. The van der Waals surface area contributed by atoms with E-state index in [0.29, 0.717) is 5.69 Å². The Morgan fingerprint density at radius 2 is 2.23 bits per heavy atom. The van der Waals surface area contributed by atoms with Gasteiger partial charge in [-0.1, -0.05) is 0 Å². The third-order valence-corrected chi connectivity index (χ3v) is 6.08. The van der Waals surface area contributed by atoms with E-state index in [-0.39, 0.29) is 11.9 Å². The van der Waals surface area contributed by atoms with Gasteiger partial charge in [0.05, 0.1) is 24.3 Å². The summed E-state index contributed by atoms with van der Waals surface area (Å²) in [5.41, 5.74) is 0.612. The summed E-state index contributed by atoms with van der Waals surface area (Å²) in [5.74, 6) is 2.26. The maximum atomic E-state index is 12.8. The number of rotatable bonds is 3. The highest BCUT2D eigenvalue weighted by Crippen LogP contribution is 2.21. The topological polar surface area (TPSA) is 45.7 Å². The smallest absolute Gasteiger partial charge is 0.273 e. The van der Waals surface area contributed by atoms with E-state index in [9.17, 15) is 4.79 Å². The zero-order chi connectivity index (χ0) is 15.4. The van der Waals surface area contributed by atoms with Crippen LogP contribution in [-0.4, -0.2) is 77.6 Å². The van der Waals surface area contributed by atoms with E-state index in [1.54, 1.807) is 11.3 Å². The highest BCUT2D eigenvalue weighted by molar-refractivity contribution is 7.99. The summed E-state index contributed by atoms with van der Waals surface area (Å²) in [4.78, 5) is 21.7. The highest BCUT2D eigenvalue weighted by atomic mass is 32.2. The number of carbonyl (C=O) groups excluding carboxylic acids is 1. The van der Waals surface area contributed by atoms with Gasteiger partial charge in [-0.25, -0.2) is 4.98 Å². The Kier molecular flexibility index (Phi) is 5.73. The molecule has 2 fully saturated rings. The average Bonchev–Trinajstić information content (AvgIpc) is 2.84. The summed E-state index contributed by atoms with van der Waals surface area (Å²) >= 11 is 3.51. The Balaban J connectivity index is 1.70. The Labute approximate surface area is 140 Å². The first-order valence-electron chi connectivity index (χ1n) is 7.85. The third-order valence-electron chi connectivity index (χ3n) is 4.11. The summed E-state index contributed by atoms with van der Waals surface area (Å²) in [6, 6.07) is 0.278. The number of carbonyl (C=O) groups is 1. The number of thiazole rings is 1. The van der Waals surface area contributed by atoms with Crippen LogP contribution in [0.3, 0.4) is 0 Å². The van der Waals surface area contributed by atoms with Crippen molar-refractivity contribution in [2.45, 2.75) is 19.4 Å². The maximum absolute atomic E-state index is 12.8. The van der Waals surface area contributed by atoms with Gasteiger partial charge in [0.2, 0.25) is 0 Å². The standard InChI is InChI=1S/C15H23N3O2S2/c1-12-16-14(11-22-12)15(19)18-3-2-8-21-10-13(18)9-17-4-6-20-7-5-17/h11,13H,2-10H2,1H3. The Bertz CT molecular complexity index is 503. The van der Waals surface area contributed by atoms with Crippen molar-refractivity contribution < 1.29 is 9.53 Å². The van der Waals surface area contributed by atoms with Crippen molar-refractivity contribution in [3.63, 3.8) is 0 Å². The Morgan fingerprint density at radius 3 is 2.95 bits per heavy atom. The molecule has 1 atom stereocenters. The van der Waals surface area contributed by atoms with Gasteiger partial charge in [-0.15, -0.1) is 11.3 Å². The second kappa shape index (κ2) is 7.77. The number of morpholine rings is 1. The van der Waals surface area contributed by atoms with E-state index >= 15 is 0 Å². The van der Waals surface area contributed by atoms with E-state index in [1.807, 2.05) is 24.1 Å². The quantitative estimate of drug-likeness (QED) is 0.838. The third kappa shape index (κ3) is 4.01. The molecule has 5 nitrogen and oxygen atoms in total.